The van der Waals surface area contributed by atoms with Gasteiger partial charge in [-0.25, -0.2) is 0 Å². The molecule has 2 aromatic carbocycles. The number of hydrogen-bond acceptors (Lipinski definition) is 6. The molecule has 0 unspecified atom stereocenters. The second-order valence-electron chi connectivity index (χ2n) is 6.58. The number of rotatable bonds is 9. The lowest BCUT2D eigenvalue weighted by atomic mass is 10.0. The number of methoxy groups -OCH3 is 1. The molecule has 0 aliphatic carbocycles. The van der Waals surface area contributed by atoms with Crippen molar-refractivity contribution in [1.29, 1.82) is 0 Å². The van der Waals surface area contributed by atoms with Gasteiger partial charge in [-0.05, 0) is 68.3 Å². The van der Waals surface area contributed by atoms with E-state index in [1.54, 1.807) is 12.0 Å². The molecule has 5 nitrogen and oxygen atoms in total. The highest BCUT2D eigenvalue weighted by atomic mass is 32.2. The first-order valence-corrected chi connectivity index (χ1v) is 11.2. The maximum Gasteiger partial charge on any atom is 0.270 e. The van der Waals surface area contributed by atoms with Crippen molar-refractivity contribution in [3.05, 3.63) is 65.1 Å². The van der Waals surface area contributed by atoms with E-state index in [0.717, 1.165) is 16.9 Å². The maximum atomic E-state index is 13.1. The summed E-state index contributed by atoms with van der Waals surface area (Å²) in [5.41, 5.74) is 2.50. The Kier molecular flexibility index (Phi) is 7.76. The van der Waals surface area contributed by atoms with Gasteiger partial charge in [0.25, 0.3) is 5.91 Å². The number of hydrogen-bond donors (Lipinski definition) is 0. The van der Waals surface area contributed by atoms with Crippen molar-refractivity contribution in [1.82, 2.24) is 0 Å². The summed E-state index contributed by atoms with van der Waals surface area (Å²) in [4.78, 5) is 15.2. The second kappa shape index (κ2) is 10.5. The van der Waals surface area contributed by atoms with Gasteiger partial charge in [0.1, 0.15) is 5.75 Å². The normalized spacial score (nSPS) is 14.8. The number of ether oxygens (including phenoxy) is 3. The van der Waals surface area contributed by atoms with Crippen LogP contribution in [0.3, 0.4) is 0 Å². The molecule has 1 heterocycles. The molecule has 0 saturated carbocycles. The van der Waals surface area contributed by atoms with E-state index < -0.39 is 0 Å². The van der Waals surface area contributed by atoms with Crippen molar-refractivity contribution in [2.24, 2.45) is 0 Å². The highest BCUT2D eigenvalue weighted by Crippen LogP contribution is 2.39. The molecule has 0 atom stereocenters. The molecule has 1 aliphatic rings. The van der Waals surface area contributed by atoms with Gasteiger partial charge in [-0.3, -0.25) is 9.69 Å². The number of anilines is 1. The van der Waals surface area contributed by atoms with E-state index in [0.29, 0.717) is 46.0 Å². The summed E-state index contributed by atoms with van der Waals surface area (Å²) >= 11 is 6.77. The first kappa shape index (κ1) is 22.9. The quantitative estimate of drug-likeness (QED) is 0.278. The third kappa shape index (κ3) is 5.11. The third-order valence-corrected chi connectivity index (χ3v) is 5.82. The van der Waals surface area contributed by atoms with Crippen molar-refractivity contribution >= 4 is 46.0 Å². The van der Waals surface area contributed by atoms with E-state index in [1.165, 1.54) is 11.8 Å². The molecule has 1 amide bonds. The van der Waals surface area contributed by atoms with E-state index in [9.17, 15) is 4.79 Å². The van der Waals surface area contributed by atoms with Gasteiger partial charge in [-0.15, -0.1) is 6.58 Å². The van der Waals surface area contributed by atoms with Crippen LogP contribution < -0.4 is 19.1 Å². The Morgan fingerprint density at radius 1 is 1.13 bits per heavy atom. The minimum absolute atomic E-state index is 0.154. The van der Waals surface area contributed by atoms with E-state index in [2.05, 4.69) is 6.58 Å². The lowest BCUT2D eigenvalue weighted by Crippen LogP contribution is -2.27. The molecule has 0 bridgehead atoms. The van der Waals surface area contributed by atoms with Crippen molar-refractivity contribution in [2.45, 2.75) is 20.3 Å². The van der Waals surface area contributed by atoms with Gasteiger partial charge in [0.05, 0.1) is 30.9 Å². The zero-order valence-electron chi connectivity index (χ0n) is 17.8. The van der Waals surface area contributed by atoms with Gasteiger partial charge in [0, 0.05) is 5.56 Å². The van der Waals surface area contributed by atoms with Crippen LogP contribution in [0, 0.1) is 0 Å². The van der Waals surface area contributed by atoms with E-state index in [1.807, 2.05) is 62.4 Å². The average Bonchev–Trinajstić information content (AvgIpc) is 3.02. The molecule has 3 rings (SSSR count). The van der Waals surface area contributed by atoms with Crippen LogP contribution in [0.25, 0.3) is 6.08 Å². The lowest BCUT2D eigenvalue weighted by molar-refractivity contribution is -0.113. The van der Waals surface area contributed by atoms with Crippen LogP contribution in [0.5, 0.6) is 17.2 Å². The molecule has 1 saturated heterocycles. The van der Waals surface area contributed by atoms with E-state index in [4.69, 9.17) is 26.4 Å². The fourth-order valence-electron chi connectivity index (χ4n) is 3.27. The highest BCUT2D eigenvalue weighted by Gasteiger charge is 2.33. The molecule has 162 valence electrons. The fourth-order valence-corrected chi connectivity index (χ4v) is 4.57. The maximum absolute atomic E-state index is 13.1. The molecular weight excluding hydrogens is 430 g/mol. The van der Waals surface area contributed by atoms with Crippen LogP contribution >= 0.6 is 24.0 Å². The highest BCUT2D eigenvalue weighted by molar-refractivity contribution is 8.27. The summed E-state index contributed by atoms with van der Waals surface area (Å²) in [6, 6.07) is 11.2. The summed E-state index contributed by atoms with van der Waals surface area (Å²) in [5, 5.41) is 0. The van der Waals surface area contributed by atoms with Crippen LogP contribution in [0.1, 0.15) is 25.0 Å². The first-order valence-electron chi connectivity index (χ1n) is 9.97. The first-order chi connectivity index (χ1) is 15.0. The van der Waals surface area contributed by atoms with Gasteiger partial charge >= 0.3 is 0 Å². The summed E-state index contributed by atoms with van der Waals surface area (Å²) in [6.07, 6.45) is 4.27. The largest absolute Gasteiger partial charge is 0.494 e. The summed E-state index contributed by atoms with van der Waals surface area (Å²) in [7, 11) is 1.62. The van der Waals surface area contributed by atoms with Crippen LogP contribution in [-0.4, -0.2) is 30.6 Å². The molecule has 1 aliphatic heterocycles. The SMILES string of the molecule is C=CCc1cc(/C=C2/SC(=S)N(c3ccc(OCC)cc3)C2=O)cc(OCC)c1OC. The molecule has 0 spiro atoms. The molecule has 7 heteroatoms. The zero-order valence-corrected chi connectivity index (χ0v) is 19.5. The van der Waals surface area contributed by atoms with Crippen LogP contribution in [-0.2, 0) is 11.2 Å². The second-order valence-corrected chi connectivity index (χ2v) is 8.26. The molecule has 2 aromatic rings. The number of thioether (sulfide) groups is 1. The monoisotopic (exact) mass is 455 g/mol. The molecule has 0 radical (unpaired) electrons. The topological polar surface area (TPSA) is 48.0 Å². The molecule has 31 heavy (non-hydrogen) atoms. The molecule has 0 N–H and O–H groups in total. The van der Waals surface area contributed by atoms with E-state index >= 15 is 0 Å². The van der Waals surface area contributed by atoms with Gasteiger partial charge in [0.2, 0.25) is 0 Å². The number of carbonyl (C=O) groups is 1. The lowest BCUT2D eigenvalue weighted by Gasteiger charge is -2.15. The van der Waals surface area contributed by atoms with Gasteiger partial charge < -0.3 is 14.2 Å². The van der Waals surface area contributed by atoms with E-state index in [-0.39, 0.29) is 5.91 Å². The summed E-state index contributed by atoms with van der Waals surface area (Å²) in [5.74, 6) is 1.92. The number of carbonyl (C=O) groups excluding carboxylic acids is 1. The van der Waals surface area contributed by atoms with Gasteiger partial charge in [0.15, 0.2) is 15.8 Å². The number of amides is 1. The molecule has 1 fully saturated rings. The molecular formula is C24H25NO4S2. The Morgan fingerprint density at radius 3 is 2.45 bits per heavy atom. The smallest absolute Gasteiger partial charge is 0.270 e. The zero-order chi connectivity index (χ0) is 22.4. The van der Waals surface area contributed by atoms with Crippen molar-refractivity contribution < 1.29 is 19.0 Å². The third-order valence-electron chi connectivity index (χ3n) is 4.52. The number of benzene rings is 2. The van der Waals surface area contributed by atoms with Crippen LogP contribution in [0.4, 0.5) is 5.69 Å². The van der Waals surface area contributed by atoms with Gasteiger partial charge in [-0.2, -0.15) is 0 Å². The number of thiocarbonyl (C=S) groups is 1. The summed E-state index contributed by atoms with van der Waals surface area (Å²) < 4.78 is 17.3. The minimum Gasteiger partial charge on any atom is -0.494 e. The predicted octanol–water partition coefficient (Wildman–Crippen LogP) is 5.63. The van der Waals surface area contributed by atoms with Gasteiger partial charge in [-0.1, -0.05) is 30.1 Å². The Balaban J connectivity index is 1.94. The van der Waals surface area contributed by atoms with Crippen molar-refractivity contribution in [3.8, 4) is 17.2 Å². The van der Waals surface area contributed by atoms with Crippen LogP contribution in [0.15, 0.2) is 54.0 Å². The Labute approximate surface area is 192 Å². The number of allylic oxidation sites excluding steroid dienone is 1. The Hall–Kier alpha value is -2.77. The Morgan fingerprint density at radius 2 is 1.84 bits per heavy atom. The standard InChI is InChI=1S/C24H25NO4S2/c1-5-8-17-13-16(14-20(29-7-3)22(17)27-4)15-21-23(26)25(24(30)31-21)18-9-11-19(12-10-18)28-6-2/h5,9-15H,1,6-8H2,2-4H3/b21-15+. The average molecular weight is 456 g/mol. The summed E-state index contributed by atoms with van der Waals surface area (Å²) in [6.45, 7) is 8.76. The van der Waals surface area contributed by atoms with Crippen molar-refractivity contribution in [2.75, 3.05) is 25.2 Å². The number of nitrogens with zero attached hydrogens (tertiary/aromatic N) is 1. The van der Waals surface area contributed by atoms with Crippen LogP contribution in [0.2, 0.25) is 0 Å². The minimum atomic E-state index is -0.154. The van der Waals surface area contributed by atoms with Crippen molar-refractivity contribution in [3.63, 3.8) is 0 Å². The fraction of sp³-hybridized carbons (Fsp3) is 0.250. The predicted molar refractivity (Wildman–Crippen MR) is 131 cm³/mol. The Bertz CT molecular complexity index is 1010. The molecule has 0 aromatic heterocycles.